The lowest BCUT2D eigenvalue weighted by Crippen LogP contribution is -1.78. The van der Waals surface area contributed by atoms with E-state index in [0.29, 0.717) is 0 Å². The van der Waals surface area contributed by atoms with Gasteiger partial charge in [0.15, 0.2) is 0 Å². The van der Waals surface area contributed by atoms with E-state index in [-0.39, 0.29) is 0 Å². The number of hydrogen-bond donors (Lipinski definition) is 0. The molecule has 3 aromatic rings. The highest BCUT2D eigenvalue weighted by Crippen LogP contribution is 2.27. The molecular formula is C13H8BrN. The van der Waals surface area contributed by atoms with E-state index in [1.807, 2.05) is 12.4 Å². The zero-order chi connectivity index (χ0) is 10.3. The molecule has 0 aliphatic heterocycles. The highest BCUT2D eigenvalue weighted by atomic mass is 79.9. The van der Waals surface area contributed by atoms with Gasteiger partial charge in [-0.05, 0) is 34.4 Å². The van der Waals surface area contributed by atoms with Crippen molar-refractivity contribution < 1.29 is 0 Å². The van der Waals surface area contributed by atoms with Crippen LogP contribution in [-0.4, -0.2) is 4.98 Å². The third kappa shape index (κ3) is 1.41. The minimum Gasteiger partial charge on any atom is -0.264 e. The molecule has 0 saturated carbocycles. The highest BCUT2D eigenvalue weighted by molar-refractivity contribution is 9.10. The molecule has 0 aliphatic carbocycles. The van der Waals surface area contributed by atoms with Crippen LogP contribution in [0.25, 0.3) is 21.5 Å². The van der Waals surface area contributed by atoms with Crippen molar-refractivity contribution in [3.8, 4) is 0 Å². The number of aromatic nitrogens is 1. The topological polar surface area (TPSA) is 12.9 Å². The minimum absolute atomic E-state index is 1.11. The van der Waals surface area contributed by atoms with Gasteiger partial charge < -0.3 is 0 Å². The predicted molar refractivity (Wildman–Crippen MR) is 66.9 cm³/mol. The average Bonchev–Trinajstić information content (AvgIpc) is 2.29. The van der Waals surface area contributed by atoms with Crippen LogP contribution in [0.1, 0.15) is 0 Å². The number of nitrogens with zero attached hydrogens (tertiary/aromatic N) is 1. The summed E-state index contributed by atoms with van der Waals surface area (Å²) in [5.74, 6) is 0. The van der Waals surface area contributed by atoms with Gasteiger partial charge in [0.05, 0.1) is 0 Å². The molecule has 0 N–H and O–H groups in total. The number of benzene rings is 2. The Bertz CT molecular complexity index is 646. The van der Waals surface area contributed by atoms with Crippen LogP contribution in [0.5, 0.6) is 0 Å². The summed E-state index contributed by atoms with van der Waals surface area (Å²) >= 11 is 3.50. The van der Waals surface area contributed by atoms with Crippen LogP contribution in [0.2, 0.25) is 0 Å². The van der Waals surface area contributed by atoms with Crippen molar-refractivity contribution in [2.75, 3.05) is 0 Å². The Labute approximate surface area is 95.9 Å². The second-order valence-electron chi connectivity index (χ2n) is 3.53. The van der Waals surface area contributed by atoms with Crippen molar-refractivity contribution in [1.29, 1.82) is 0 Å². The van der Waals surface area contributed by atoms with Gasteiger partial charge in [-0.3, -0.25) is 4.98 Å². The normalized spacial score (nSPS) is 11.0. The molecule has 0 bridgehead atoms. The van der Waals surface area contributed by atoms with Crippen LogP contribution in [0.3, 0.4) is 0 Å². The molecule has 3 rings (SSSR count). The predicted octanol–water partition coefficient (Wildman–Crippen LogP) is 4.15. The molecule has 0 radical (unpaired) electrons. The molecule has 0 fully saturated rings. The SMILES string of the molecule is Brc1ccc2ccc3cnccc3c2c1. The highest BCUT2D eigenvalue weighted by Gasteiger charge is 2.00. The monoisotopic (exact) mass is 257 g/mol. The van der Waals surface area contributed by atoms with Crippen LogP contribution in [0.15, 0.2) is 53.3 Å². The smallest absolute Gasteiger partial charge is 0.0346 e. The fourth-order valence-electron chi connectivity index (χ4n) is 1.87. The van der Waals surface area contributed by atoms with E-state index in [4.69, 9.17) is 0 Å². The molecule has 2 heteroatoms. The Hall–Kier alpha value is -1.41. The van der Waals surface area contributed by atoms with E-state index in [9.17, 15) is 0 Å². The van der Waals surface area contributed by atoms with Crippen LogP contribution >= 0.6 is 15.9 Å². The number of fused-ring (bicyclic) bond motifs is 3. The third-order valence-electron chi connectivity index (χ3n) is 2.60. The van der Waals surface area contributed by atoms with Gasteiger partial charge in [-0.15, -0.1) is 0 Å². The first-order valence-electron chi connectivity index (χ1n) is 4.76. The summed E-state index contributed by atoms with van der Waals surface area (Å²) in [4.78, 5) is 4.13. The van der Waals surface area contributed by atoms with E-state index >= 15 is 0 Å². The third-order valence-corrected chi connectivity index (χ3v) is 3.09. The summed E-state index contributed by atoms with van der Waals surface area (Å²) < 4.78 is 1.11. The van der Waals surface area contributed by atoms with E-state index < -0.39 is 0 Å². The van der Waals surface area contributed by atoms with Crippen molar-refractivity contribution in [2.24, 2.45) is 0 Å². The fourth-order valence-corrected chi connectivity index (χ4v) is 2.23. The molecule has 1 heterocycles. The lowest BCUT2D eigenvalue weighted by atomic mass is 10.0. The number of hydrogen-bond acceptors (Lipinski definition) is 1. The molecule has 0 spiro atoms. The zero-order valence-corrected chi connectivity index (χ0v) is 9.53. The van der Waals surface area contributed by atoms with Gasteiger partial charge in [0, 0.05) is 22.3 Å². The van der Waals surface area contributed by atoms with E-state index in [1.165, 1.54) is 21.5 Å². The molecule has 1 nitrogen and oxygen atoms in total. The summed E-state index contributed by atoms with van der Waals surface area (Å²) in [6.45, 7) is 0. The van der Waals surface area contributed by atoms with Gasteiger partial charge in [-0.25, -0.2) is 0 Å². The Morgan fingerprint density at radius 3 is 2.60 bits per heavy atom. The second kappa shape index (κ2) is 3.31. The fraction of sp³-hybridized carbons (Fsp3) is 0. The quantitative estimate of drug-likeness (QED) is 0.552. The molecule has 2 aromatic carbocycles. The van der Waals surface area contributed by atoms with Crippen LogP contribution in [0, 0.1) is 0 Å². The van der Waals surface area contributed by atoms with Gasteiger partial charge in [-0.1, -0.05) is 34.1 Å². The number of rotatable bonds is 0. The number of halogens is 1. The van der Waals surface area contributed by atoms with Gasteiger partial charge >= 0.3 is 0 Å². The molecule has 0 amide bonds. The molecule has 15 heavy (non-hydrogen) atoms. The summed E-state index contributed by atoms with van der Waals surface area (Å²) in [7, 11) is 0. The number of pyridine rings is 1. The lowest BCUT2D eigenvalue weighted by Gasteiger charge is -2.03. The van der Waals surface area contributed by atoms with Crippen molar-refractivity contribution >= 4 is 37.5 Å². The minimum atomic E-state index is 1.11. The Morgan fingerprint density at radius 1 is 0.867 bits per heavy atom. The first-order chi connectivity index (χ1) is 7.34. The molecule has 1 aromatic heterocycles. The van der Waals surface area contributed by atoms with Crippen LogP contribution in [0.4, 0.5) is 0 Å². The zero-order valence-electron chi connectivity index (χ0n) is 7.94. The van der Waals surface area contributed by atoms with Crippen molar-refractivity contribution in [3.63, 3.8) is 0 Å². The molecule has 0 atom stereocenters. The first kappa shape index (κ1) is 8.86. The van der Waals surface area contributed by atoms with E-state index in [2.05, 4.69) is 57.3 Å². The molecule has 0 saturated heterocycles. The Kier molecular flexibility index (Phi) is 1.96. The van der Waals surface area contributed by atoms with Crippen LogP contribution < -0.4 is 0 Å². The Morgan fingerprint density at radius 2 is 1.67 bits per heavy atom. The molecule has 0 aliphatic rings. The van der Waals surface area contributed by atoms with Gasteiger partial charge in [0.25, 0.3) is 0 Å². The van der Waals surface area contributed by atoms with E-state index in [0.717, 1.165) is 4.47 Å². The summed E-state index contributed by atoms with van der Waals surface area (Å²) in [5.41, 5.74) is 0. The van der Waals surface area contributed by atoms with Crippen molar-refractivity contribution in [2.45, 2.75) is 0 Å². The average molecular weight is 258 g/mol. The Balaban J connectivity index is 2.57. The maximum atomic E-state index is 4.13. The molecule has 72 valence electrons. The summed E-state index contributed by atoms with van der Waals surface area (Å²) in [6.07, 6.45) is 3.73. The molecular weight excluding hydrogens is 250 g/mol. The van der Waals surface area contributed by atoms with E-state index in [1.54, 1.807) is 0 Å². The standard InChI is InChI=1S/C13H8BrN/c14-11-4-3-9-1-2-10-8-15-6-5-12(10)13(9)7-11/h1-8H. The molecule has 0 unspecified atom stereocenters. The summed E-state index contributed by atoms with van der Waals surface area (Å²) in [5, 5.41) is 4.97. The largest absolute Gasteiger partial charge is 0.264 e. The first-order valence-corrected chi connectivity index (χ1v) is 5.56. The maximum Gasteiger partial charge on any atom is 0.0346 e. The maximum absolute atomic E-state index is 4.13. The second-order valence-corrected chi connectivity index (χ2v) is 4.44. The summed E-state index contributed by atoms with van der Waals surface area (Å²) in [6, 6.07) is 12.6. The van der Waals surface area contributed by atoms with Gasteiger partial charge in [-0.2, -0.15) is 0 Å². The van der Waals surface area contributed by atoms with Crippen LogP contribution in [-0.2, 0) is 0 Å². The lowest BCUT2D eigenvalue weighted by molar-refractivity contribution is 1.37. The van der Waals surface area contributed by atoms with Gasteiger partial charge in [0.2, 0.25) is 0 Å². The van der Waals surface area contributed by atoms with Gasteiger partial charge in [0.1, 0.15) is 0 Å². The van der Waals surface area contributed by atoms with Crippen molar-refractivity contribution in [3.05, 3.63) is 53.3 Å². The van der Waals surface area contributed by atoms with Crippen molar-refractivity contribution in [1.82, 2.24) is 4.98 Å².